The number of phenolic OH excluding ortho intramolecular Hbond substituents is 1. The Bertz CT molecular complexity index is 438. The van der Waals surface area contributed by atoms with Gasteiger partial charge in [-0.05, 0) is 23.5 Å². The predicted molar refractivity (Wildman–Crippen MR) is 69.0 cm³/mol. The monoisotopic (exact) mass is 253 g/mol. The van der Waals surface area contributed by atoms with Crippen molar-refractivity contribution < 1.29 is 14.3 Å². The Hall–Kier alpha value is -1.58. The SMILES string of the molecule is CC(CNC(=O)c1ccc(O)cc1F)C(C)(C)C. The average Bonchev–Trinajstić information content (AvgIpc) is 2.24. The highest BCUT2D eigenvalue weighted by Crippen LogP contribution is 2.24. The molecule has 0 aliphatic carbocycles. The Morgan fingerprint density at radius 1 is 1.44 bits per heavy atom. The van der Waals surface area contributed by atoms with Crippen molar-refractivity contribution in [3.8, 4) is 5.75 Å². The van der Waals surface area contributed by atoms with Gasteiger partial charge in [-0.25, -0.2) is 4.39 Å². The Kier molecular flexibility index (Phi) is 4.33. The molecule has 0 radical (unpaired) electrons. The summed E-state index contributed by atoms with van der Waals surface area (Å²) in [4.78, 5) is 11.8. The fourth-order valence-corrected chi connectivity index (χ4v) is 1.34. The number of nitrogens with one attached hydrogen (secondary N) is 1. The van der Waals surface area contributed by atoms with E-state index in [0.29, 0.717) is 6.54 Å². The van der Waals surface area contributed by atoms with Gasteiger partial charge in [0.25, 0.3) is 5.91 Å². The van der Waals surface area contributed by atoms with E-state index in [2.05, 4.69) is 26.1 Å². The number of hydrogen-bond donors (Lipinski definition) is 2. The number of aromatic hydroxyl groups is 1. The molecule has 1 rings (SSSR count). The maximum atomic E-state index is 13.4. The number of phenols is 1. The zero-order chi connectivity index (χ0) is 13.9. The highest BCUT2D eigenvalue weighted by molar-refractivity contribution is 5.94. The second kappa shape index (κ2) is 5.38. The molecule has 0 aromatic heterocycles. The molecule has 4 heteroatoms. The molecule has 0 fully saturated rings. The number of amides is 1. The normalized spacial score (nSPS) is 13.2. The van der Waals surface area contributed by atoms with E-state index in [1.807, 2.05) is 6.92 Å². The van der Waals surface area contributed by atoms with E-state index >= 15 is 0 Å². The molecule has 0 aliphatic rings. The maximum absolute atomic E-state index is 13.4. The molecule has 3 nitrogen and oxygen atoms in total. The molecule has 100 valence electrons. The lowest BCUT2D eigenvalue weighted by Gasteiger charge is -2.27. The van der Waals surface area contributed by atoms with Crippen LogP contribution in [0, 0.1) is 17.2 Å². The molecule has 2 N–H and O–H groups in total. The minimum atomic E-state index is -0.712. The third-order valence-corrected chi connectivity index (χ3v) is 3.24. The van der Waals surface area contributed by atoms with Crippen molar-refractivity contribution in [1.82, 2.24) is 5.32 Å². The number of carbonyl (C=O) groups excluding carboxylic acids is 1. The minimum absolute atomic E-state index is 0.0473. The molecule has 1 aromatic carbocycles. The predicted octanol–water partition coefficient (Wildman–Crippen LogP) is 2.94. The van der Waals surface area contributed by atoms with E-state index in [0.717, 1.165) is 6.07 Å². The van der Waals surface area contributed by atoms with Crippen LogP contribution in [0.3, 0.4) is 0 Å². The van der Waals surface area contributed by atoms with Crippen LogP contribution in [0.4, 0.5) is 4.39 Å². The fourth-order valence-electron chi connectivity index (χ4n) is 1.34. The summed E-state index contributed by atoms with van der Waals surface area (Å²) in [6.07, 6.45) is 0. The molecule has 0 aliphatic heterocycles. The van der Waals surface area contributed by atoms with Gasteiger partial charge in [0.05, 0.1) is 5.56 Å². The molecule has 1 unspecified atom stereocenters. The van der Waals surface area contributed by atoms with Crippen LogP contribution in [0.5, 0.6) is 5.75 Å². The van der Waals surface area contributed by atoms with Gasteiger partial charge in [-0.15, -0.1) is 0 Å². The van der Waals surface area contributed by atoms with Crippen molar-refractivity contribution >= 4 is 5.91 Å². The van der Waals surface area contributed by atoms with Crippen LogP contribution in [0.1, 0.15) is 38.1 Å². The third kappa shape index (κ3) is 3.72. The van der Waals surface area contributed by atoms with Crippen molar-refractivity contribution in [2.45, 2.75) is 27.7 Å². The lowest BCUT2D eigenvalue weighted by molar-refractivity contribution is 0.0933. The Morgan fingerprint density at radius 2 is 2.06 bits per heavy atom. The summed E-state index contributed by atoms with van der Waals surface area (Å²) in [6, 6.07) is 3.51. The van der Waals surface area contributed by atoms with Gasteiger partial charge in [0, 0.05) is 12.6 Å². The molecule has 0 heterocycles. The summed E-state index contributed by atoms with van der Waals surface area (Å²) < 4.78 is 13.4. The second-order valence-electron chi connectivity index (χ2n) is 5.64. The zero-order valence-corrected chi connectivity index (χ0v) is 11.2. The van der Waals surface area contributed by atoms with E-state index in [1.165, 1.54) is 12.1 Å². The van der Waals surface area contributed by atoms with Gasteiger partial charge in [0.2, 0.25) is 0 Å². The Balaban J connectivity index is 2.66. The number of benzene rings is 1. The van der Waals surface area contributed by atoms with Gasteiger partial charge in [0.1, 0.15) is 11.6 Å². The van der Waals surface area contributed by atoms with Crippen molar-refractivity contribution in [3.05, 3.63) is 29.6 Å². The molecule has 18 heavy (non-hydrogen) atoms. The van der Waals surface area contributed by atoms with Crippen LogP contribution in [-0.2, 0) is 0 Å². The summed E-state index contributed by atoms with van der Waals surface area (Å²) >= 11 is 0. The van der Waals surface area contributed by atoms with Gasteiger partial charge in [0.15, 0.2) is 0 Å². The highest BCUT2D eigenvalue weighted by Gasteiger charge is 2.21. The molecule has 1 atom stereocenters. The quantitative estimate of drug-likeness (QED) is 0.870. The van der Waals surface area contributed by atoms with Gasteiger partial charge in [-0.1, -0.05) is 27.7 Å². The molecular formula is C14H20FNO2. The molecule has 1 amide bonds. The van der Waals surface area contributed by atoms with Gasteiger partial charge in [-0.2, -0.15) is 0 Å². The third-order valence-electron chi connectivity index (χ3n) is 3.24. The van der Waals surface area contributed by atoms with E-state index in [9.17, 15) is 9.18 Å². The lowest BCUT2D eigenvalue weighted by atomic mass is 9.82. The number of halogens is 1. The van der Waals surface area contributed by atoms with E-state index in [-0.39, 0.29) is 22.6 Å². The highest BCUT2D eigenvalue weighted by atomic mass is 19.1. The van der Waals surface area contributed by atoms with Crippen LogP contribution in [0.2, 0.25) is 0 Å². The summed E-state index contributed by atoms with van der Waals surface area (Å²) in [6.45, 7) is 8.79. The number of carbonyl (C=O) groups is 1. The first-order valence-corrected chi connectivity index (χ1v) is 5.98. The fraction of sp³-hybridized carbons (Fsp3) is 0.500. The molecule has 0 saturated heterocycles. The molecule has 0 spiro atoms. The molecule has 0 saturated carbocycles. The van der Waals surface area contributed by atoms with Crippen LogP contribution in [0.15, 0.2) is 18.2 Å². The van der Waals surface area contributed by atoms with Crippen LogP contribution >= 0.6 is 0 Å². The standard InChI is InChI=1S/C14H20FNO2/c1-9(14(2,3)4)8-16-13(18)11-6-5-10(17)7-12(11)15/h5-7,9,17H,8H2,1-4H3,(H,16,18). The zero-order valence-electron chi connectivity index (χ0n) is 11.2. The Morgan fingerprint density at radius 3 is 2.56 bits per heavy atom. The summed E-state index contributed by atoms with van der Waals surface area (Å²) in [5, 5.41) is 11.8. The number of rotatable bonds is 3. The summed E-state index contributed by atoms with van der Waals surface area (Å²) in [5.41, 5.74) is 0.0368. The van der Waals surface area contributed by atoms with Crippen molar-refractivity contribution in [1.29, 1.82) is 0 Å². The number of hydrogen-bond acceptors (Lipinski definition) is 2. The van der Waals surface area contributed by atoms with E-state index < -0.39 is 11.7 Å². The first-order chi connectivity index (χ1) is 8.21. The van der Waals surface area contributed by atoms with Gasteiger partial charge < -0.3 is 10.4 Å². The molecule has 1 aromatic rings. The van der Waals surface area contributed by atoms with Gasteiger partial charge >= 0.3 is 0 Å². The van der Waals surface area contributed by atoms with E-state index in [4.69, 9.17) is 5.11 Å². The van der Waals surface area contributed by atoms with Crippen LogP contribution < -0.4 is 5.32 Å². The molecular weight excluding hydrogens is 233 g/mol. The first-order valence-electron chi connectivity index (χ1n) is 5.98. The largest absolute Gasteiger partial charge is 0.508 e. The van der Waals surface area contributed by atoms with Crippen molar-refractivity contribution in [2.75, 3.05) is 6.54 Å². The second-order valence-corrected chi connectivity index (χ2v) is 5.64. The topological polar surface area (TPSA) is 49.3 Å². The van der Waals surface area contributed by atoms with Crippen LogP contribution in [0.25, 0.3) is 0 Å². The van der Waals surface area contributed by atoms with Gasteiger partial charge in [-0.3, -0.25) is 4.79 Å². The average molecular weight is 253 g/mol. The minimum Gasteiger partial charge on any atom is -0.508 e. The summed E-state index contributed by atoms with van der Waals surface area (Å²) in [5.74, 6) is -1.08. The Labute approximate surface area is 107 Å². The summed E-state index contributed by atoms with van der Waals surface area (Å²) in [7, 11) is 0. The van der Waals surface area contributed by atoms with Crippen LogP contribution in [-0.4, -0.2) is 17.6 Å². The first kappa shape index (κ1) is 14.5. The molecule has 0 bridgehead atoms. The van der Waals surface area contributed by atoms with Crippen molar-refractivity contribution in [3.63, 3.8) is 0 Å². The van der Waals surface area contributed by atoms with Crippen molar-refractivity contribution in [2.24, 2.45) is 11.3 Å². The lowest BCUT2D eigenvalue weighted by Crippen LogP contribution is -2.34. The smallest absolute Gasteiger partial charge is 0.254 e. The maximum Gasteiger partial charge on any atom is 0.254 e. The van der Waals surface area contributed by atoms with E-state index in [1.54, 1.807) is 0 Å².